The van der Waals surface area contributed by atoms with Crippen molar-refractivity contribution in [2.45, 2.75) is 26.4 Å². The molecule has 4 nitrogen and oxygen atoms in total. The van der Waals surface area contributed by atoms with Crippen LogP contribution in [0.2, 0.25) is 0 Å². The Morgan fingerprint density at radius 2 is 1.70 bits per heavy atom. The molecule has 2 rings (SSSR count). The van der Waals surface area contributed by atoms with Crippen molar-refractivity contribution in [2.24, 2.45) is 0 Å². The van der Waals surface area contributed by atoms with E-state index < -0.39 is 0 Å². The molecule has 0 radical (unpaired) electrons. The van der Waals surface area contributed by atoms with E-state index in [1.807, 2.05) is 24.3 Å². The molecule has 0 aliphatic rings. The van der Waals surface area contributed by atoms with E-state index in [4.69, 9.17) is 14.7 Å². The topological polar surface area (TPSA) is 59.3 Å². The molecule has 0 fully saturated rings. The van der Waals surface area contributed by atoms with E-state index in [1.54, 1.807) is 24.3 Å². The van der Waals surface area contributed by atoms with Gasteiger partial charge in [0.15, 0.2) is 0 Å². The fourth-order valence-corrected chi connectivity index (χ4v) is 1.98. The average Bonchev–Trinajstić information content (AvgIpc) is 2.60. The molecule has 23 heavy (non-hydrogen) atoms. The van der Waals surface area contributed by atoms with Gasteiger partial charge in [0.25, 0.3) is 0 Å². The number of hydrogen-bond acceptors (Lipinski definition) is 4. The number of benzene rings is 2. The lowest BCUT2D eigenvalue weighted by molar-refractivity contribution is -0.144. The molecule has 0 aliphatic heterocycles. The summed E-state index contributed by atoms with van der Waals surface area (Å²) in [5, 5.41) is 8.73. The number of carbonyl (C=O) groups is 1. The highest BCUT2D eigenvalue weighted by Gasteiger charge is 2.06. The van der Waals surface area contributed by atoms with Crippen molar-refractivity contribution in [3.05, 3.63) is 65.2 Å². The largest absolute Gasteiger partial charge is 0.494 e. The zero-order valence-electron chi connectivity index (χ0n) is 13.1. The van der Waals surface area contributed by atoms with Gasteiger partial charge in [0.05, 0.1) is 24.7 Å². The summed E-state index contributed by atoms with van der Waals surface area (Å²) in [5.41, 5.74) is 2.34. The van der Waals surface area contributed by atoms with Crippen LogP contribution in [-0.4, -0.2) is 12.6 Å². The van der Waals surface area contributed by atoms with Gasteiger partial charge >= 0.3 is 5.97 Å². The van der Waals surface area contributed by atoms with Crippen molar-refractivity contribution in [1.82, 2.24) is 0 Å². The quantitative estimate of drug-likeness (QED) is 0.733. The van der Waals surface area contributed by atoms with Crippen molar-refractivity contribution in [3.8, 4) is 11.8 Å². The molecule has 0 saturated heterocycles. The Hall–Kier alpha value is -2.80. The maximum Gasteiger partial charge on any atom is 0.310 e. The monoisotopic (exact) mass is 309 g/mol. The summed E-state index contributed by atoms with van der Waals surface area (Å²) >= 11 is 0. The summed E-state index contributed by atoms with van der Waals surface area (Å²) < 4.78 is 10.7. The molecule has 0 saturated carbocycles. The number of carbonyl (C=O) groups excluding carboxylic acids is 1. The van der Waals surface area contributed by atoms with Gasteiger partial charge in [-0.15, -0.1) is 0 Å². The van der Waals surface area contributed by atoms with E-state index in [0.717, 1.165) is 23.3 Å². The van der Waals surface area contributed by atoms with Crippen molar-refractivity contribution in [2.75, 3.05) is 6.61 Å². The molecule has 0 spiro atoms. The molecular weight excluding hydrogens is 290 g/mol. The molecule has 0 atom stereocenters. The van der Waals surface area contributed by atoms with Crippen molar-refractivity contribution in [1.29, 1.82) is 5.26 Å². The van der Waals surface area contributed by atoms with Gasteiger partial charge in [-0.05, 0) is 41.8 Å². The van der Waals surface area contributed by atoms with Crippen LogP contribution in [0.4, 0.5) is 0 Å². The second kappa shape index (κ2) is 8.60. The number of nitrogens with zero attached hydrogens (tertiary/aromatic N) is 1. The molecule has 0 aromatic heterocycles. The summed E-state index contributed by atoms with van der Waals surface area (Å²) in [4.78, 5) is 11.9. The predicted molar refractivity (Wildman–Crippen MR) is 86.9 cm³/mol. The number of esters is 1. The molecule has 0 heterocycles. The summed E-state index contributed by atoms with van der Waals surface area (Å²) in [6.45, 7) is 2.95. The van der Waals surface area contributed by atoms with Crippen LogP contribution in [0.5, 0.6) is 5.75 Å². The first-order chi connectivity index (χ1) is 11.2. The minimum absolute atomic E-state index is 0.211. The van der Waals surface area contributed by atoms with Crippen LogP contribution in [0.25, 0.3) is 0 Å². The third-order valence-corrected chi connectivity index (χ3v) is 3.23. The van der Waals surface area contributed by atoms with Gasteiger partial charge < -0.3 is 9.47 Å². The van der Waals surface area contributed by atoms with Crippen LogP contribution in [0.15, 0.2) is 48.5 Å². The zero-order chi connectivity index (χ0) is 16.5. The van der Waals surface area contributed by atoms with Crippen LogP contribution >= 0.6 is 0 Å². The third-order valence-electron chi connectivity index (χ3n) is 3.23. The maximum atomic E-state index is 11.9. The highest BCUT2D eigenvalue weighted by atomic mass is 16.5. The van der Waals surface area contributed by atoms with Gasteiger partial charge in [-0.1, -0.05) is 31.2 Å². The Labute approximate surface area is 136 Å². The Morgan fingerprint density at radius 3 is 2.30 bits per heavy atom. The minimum atomic E-state index is -0.281. The van der Waals surface area contributed by atoms with Gasteiger partial charge in [-0.25, -0.2) is 0 Å². The molecular formula is C19H19NO3. The molecule has 0 unspecified atom stereocenters. The van der Waals surface area contributed by atoms with Gasteiger partial charge in [-0.3, -0.25) is 4.79 Å². The van der Waals surface area contributed by atoms with Gasteiger partial charge in [0.2, 0.25) is 0 Å². The van der Waals surface area contributed by atoms with Gasteiger partial charge in [0.1, 0.15) is 12.4 Å². The van der Waals surface area contributed by atoms with Crippen molar-refractivity contribution >= 4 is 5.97 Å². The fraction of sp³-hybridized carbons (Fsp3) is 0.263. The number of nitriles is 1. The normalized spacial score (nSPS) is 9.91. The highest BCUT2D eigenvalue weighted by molar-refractivity contribution is 5.72. The van der Waals surface area contributed by atoms with E-state index in [0.29, 0.717) is 12.2 Å². The second-order valence-corrected chi connectivity index (χ2v) is 5.14. The fourth-order valence-electron chi connectivity index (χ4n) is 1.98. The van der Waals surface area contributed by atoms with Crippen LogP contribution in [0.3, 0.4) is 0 Å². The summed E-state index contributed by atoms with van der Waals surface area (Å²) in [5.74, 6) is 0.526. The maximum absolute atomic E-state index is 11.9. The van der Waals surface area contributed by atoms with E-state index in [2.05, 4.69) is 13.0 Å². The molecule has 4 heteroatoms. The van der Waals surface area contributed by atoms with Crippen molar-refractivity contribution in [3.63, 3.8) is 0 Å². The Bertz CT molecular complexity index is 669. The average molecular weight is 309 g/mol. The molecule has 0 amide bonds. The van der Waals surface area contributed by atoms with Gasteiger partial charge in [-0.2, -0.15) is 5.26 Å². The first kappa shape index (κ1) is 16.6. The van der Waals surface area contributed by atoms with Gasteiger partial charge in [0, 0.05) is 0 Å². The summed E-state index contributed by atoms with van der Waals surface area (Å²) in [6, 6.07) is 16.5. The molecule has 2 aromatic carbocycles. The van der Waals surface area contributed by atoms with E-state index in [-0.39, 0.29) is 19.0 Å². The number of rotatable bonds is 7. The first-order valence-electron chi connectivity index (χ1n) is 7.57. The Morgan fingerprint density at radius 1 is 1.04 bits per heavy atom. The highest BCUT2D eigenvalue weighted by Crippen LogP contribution is 2.13. The number of ether oxygens (including phenoxy) is 2. The number of hydrogen-bond donors (Lipinski definition) is 0. The summed E-state index contributed by atoms with van der Waals surface area (Å²) in [6.07, 6.45) is 1.19. The third kappa shape index (κ3) is 5.48. The molecule has 0 aliphatic carbocycles. The Balaban J connectivity index is 1.80. The lowest BCUT2D eigenvalue weighted by Crippen LogP contribution is -2.08. The lowest BCUT2D eigenvalue weighted by Gasteiger charge is -2.07. The van der Waals surface area contributed by atoms with E-state index in [1.165, 1.54) is 0 Å². The van der Waals surface area contributed by atoms with Crippen LogP contribution in [0.1, 0.15) is 30.0 Å². The standard InChI is InChI=1S/C19H19NO3/c1-2-11-22-18-9-7-15(8-10-18)12-19(21)23-14-17-5-3-16(13-20)4-6-17/h3-10H,2,11-12,14H2,1H3. The smallest absolute Gasteiger partial charge is 0.310 e. The molecule has 118 valence electrons. The lowest BCUT2D eigenvalue weighted by atomic mass is 10.1. The van der Waals surface area contributed by atoms with E-state index in [9.17, 15) is 4.79 Å². The predicted octanol–water partition coefficient (Wildman–Crippen LogP) is 3.63. The van der Waals surface area contributed by atoms with Crippen LogP contribution in [0, 0.1) is 11.3 Å². The zero-order valence-corrected chi connectivity index (χ0v) is 13.1. The molecule has 0 N–H and O–H groups in total. The molecule has 2 aromatic rings. The van der Waals surface area contributed by atoms with E-state index >= 15 is 0 Å². The molecule has 0 bridgehead atoms. The second-order valence-electron chi connectivity index (χ2n) is 5.14. The van der Waals surface area contributed by atoms with Crippen molar-refractivity contribution < 1.29 is 14.3 Å². The SMILES string of the molecule is CCCOc1ccc(CC(=O)OCc2ccc(C#N)cc2)cc1. The minimum Gasteiger partial charge on any atom is -0.494 e. The van der Waals surface area contributed by atoms with Crippen LogP contribution < -0.4 is 4.74 Å². The first-order valence-corrected chi connectivity index (χ1v) is 7.57. The van der Waals surface area contributed by atoms with Crippen LogP contribution in [-0.2, 0) is 22.6 Å². The Kier molecular flexibility index (Phi) is 6.19. The summed E-state index contributed by atoms with van der Waals surface area (Å²) in [7, 11) is 0.